The van der Waals surface area contributed by atoms with Gasteiger partial charge in [0.1, 0.15) is 0 Å². The molecule has 2 heterocycles. The van der Waals surface area contributed by atoms with Gasteiger partial charge in [0.15, 0.2) is 5.78 Å². The van der Waals surface area contributed by atoms with Gasteiger partial charge in [-0.15, -0.1) is 0 Å². The van der Waals surface area contributed by atoms with Crippen LogP contribution in [-0.4, -0.2) is 52.3 Å². The van der Waals surface area contributed by atoms with E-state index in [0.717, 1.165) is 104 Å². The van der Waals surface area contributed by atoms with Gasteiger partial charge in [0.2, 0.25) is 5.91 Å². The largest absolute Gasteiger partial charge is 1.00 e. The standard InChI is InChI=1S/C24H34O2S.C22H37NO3.C4H3BrS.C4H9.3CH4.Li/c1-23(26)10-7-17-15(13-23)3-4-19-18(17)8-11-24(2)20(19)5-6-21(24)22(25)16-9-12-27-14-16;1-21(25)11-9-15-14(13-21)5-6-17-16(15)10-12-22(2)18(17)7-8-19(22)20(24)23(3)26-4;5-4-1-2-6-3-4;1-3-4-2;;;;/h9,12,14-15,17-21,26H,3-8,10-11,13H2,1-2H3;14-19,25H,5-13H2,1-4H3;1-3H;1,3-4H2,2H3;3*1H4;/q;;;-1;;;;+1/t15-,17+,18-,19-,20+,21-,23-,24+;14-,15+,16-,17-,18+,19-,21-,22+;;;;;;/m11....../s1. The van der Waals surface area contributed by atoms with Crippen LogP contribution in [0.25, 0.3) is 0 Å². The number of unbranched alkanes of at least 4 members (excludes halogenated alkanes) is 1. The van der Waals surface area contributed by atoms with Crippen molar-refractivity contribution < 1.29 is 43.5 Å². The Balaban J connectivity index is 0.000000281. The Morgan fingerprint density at radius 3 is 1.54 bits per heavy atom. The van der Waals surface area contributed by atoms with Crippen LogP contribution in [0.15, 0.2) is 38.1 Å². The molecule has 0 spiro atoms. The number of amides is 1. The van der Waals surface area contributed by atoms with E-state index in [4.69, 9.17) is 4.84 Å². The number of hydrogen-bond donors (Lipinski definition) is 2. The molecule has 67 heavy (non-hydrogen) atoms. The fourth-order valence-corrected chi connectivity index (χ4v) is 18.0. The maximum atomic E-state index is 13.2. The van der Waals surface area contributed by atoms with E-state index in [1.54, 1.807) is 36.8 Å². The van der Waals surface area contributed by atoms with E-state index in [0.29, 0.717) is 11.7 Å². The molecule has 0 unspecified atom stereocenters. The Bertz CT molecular complexity index is 1790. The third kappa shape index (κ3) is 13.0. The first-order valence-electron chi connectivity index (χ1n) is 25.3. The van der Waals surface area contributed by atoms with Crippen LogP contribution in [0.2, 0.25) is 0 Å². The molecule has 0 saturated heterocycles. The van der Waals surface area contributed by atoms with E-state index in [1.807, 2.05) is 47.5 Å². The summed E-state index contributed by atoms with van der Waals surface area (Å²) in [5, 5.41) is 30.7. The Morgan fingerprint density at radius 1 is 0.687 bits per heavy atom. The smallest absolute Gasteiger partial charge is 0.390 e. The predicted molar refractivity (Wildman–Crippen MR) is 283 cm³/mol. The number of carbonyl (C=O) groups excluding carboxylic acids is 2. The molecule has 8 aliphatic rings. The Hall–Kier alpha value is -0.503. The zero-order valence-corrected chi connectivity index (χ0v) is 44.2. The van der Waals surface area contributed by atoms with Gasteiger partial charge in [0.25, 0.3) is 0 Å². The zero-order chi connectivity index (χ0) is 45.3. The van der Waals surface area contributed by atoms with E-state index in [1.165, 1.54) is 93.0 Å². The van der Waals surface area contributed by atoms with Crippen molar-refractivity contribution in [3.8, 4) is 0 Å². The van der Waals surface area contributed by atoms with E-state index in [-0.39, 0.29) is 69.7 Å². The molecule has 0 aromatic carbocycles. The topological polar surface area (TPSA) is 87.1 Å². The fraction of sp³-hybridized carbons (Fsp3) is 0.807. The van der Waals surface area contributed by atoms with Gasteiger partial charge < -0.3 is 17.1 Å². The van der Waals surface area contributed by atoms with Crippen molar-refractivity contribution in [3.63, 3.8) is 0 Å². The molecule has 6 nitrogen and oxygen atoms in total. The van der Waals surface area contributed by atoms with Crippen molar-refractivity contribution in [3.05, 3.63) is 50.6 Å². The number of rotatable bonds is 5. The quantitative estimate of drug-likeness (QED) is 0.135. The van der Waals surface area contributed by atoms with Crippen molar-refractivity contribution in [1.29, 1.82) is 0 Å². The Morgan fingerprint density at radius 2 is 1.13 bits per heavy atom. The van der Waals surface area contributed by atoms with Crippen LogP contribution in [-0.2, 0) is 9.63 Å². The Labute approximate surface area is 439 Å². The summed E-state index contributed by atoms with van der Waals surface area (Å²) in [7, 11) is 3.34. The average molecular weight is 1030 g/mol. The van der Waals surface area contributed by atoms with Crippen LogP contribution in [0.4, 0.5) is 0 Å². The first-order valence-corrected chi connectivity index (χ1v) is 27.9. The molecule has 10 rings (SSSR count). The summed E-state index contributed by atoms with van der Waals surface area (Å²) in [5.74, 6) is 8.83. The number of ketones is 1. The van der Waals surface area contributed by atoms with Crippen LogP contribution in [0, 0.1) is 88.8 Å². The third-order valence-corrected chi connectivity index (χ3v) is 21.5. The van der Waals surface area contributed by atoms with Gasteiger partial charge >= 0.3 is 18.9 Å². The maximum absolute atomic E-state index is 13.2. The summed E-state index contributed by atoms with van der Waals surface area (Å²) in [5.41, 5.74) is 0.452. The molecule has 10 heteroatoms. The molecule has 2 N–H and O–H groups in total. The second-order valence-electron chi connectivity index (χ2n) is 22.9. The Kier molecular flexibility index (Phi) is 23.1. The molecule has 1 amide bonds. The van der Waals surface area contributed by atoms with Gasteiger partial charge in [0.05, 0.1) is 18.3 Å². The number of hydroxylamine groups is 2. The number of thiophene rings is 2. The van der Waals surface area contributed by atoms with Crippen LogP contribution in [0.3, 0.4) is 0 Å². The summed E-state index contributed by atoms with van der Waals surface area (Å²) in [4.78, 5) is 31.3. The minimum absolute atomic E-state index is 0. The molecule has 16 atom stereocenters. The summed E-state index contributed by atoms with van der Waals surface area (Å²) in [6, 6.07) is 4.04. The molecule has 8 aliphatic carbocycles. The number of hydrogen-bond acceptors (Lipinski definition) is 7. The van der Waals surface area contributed by atoms with E-state index >= 15 is 0 Å². The number of aliphatic hydroxyl groups is 2. The number of fused-ring (bicyclic) bond motifs is 10. The van der Waals surface area contributed by atoms with Gasteiger partial charge in [-0.3, -0.25) is 14.4 Å². The van der Waals surface area contributed by atoms with Crippen molar-refractivity contribution in [2.75, 3.05) is 14.2 Å². The number of Topliss-reactive ketones (excluding diaryl/α,β-unsaturated/α-hetero) is 1. The van der Waals surface area contributed by atoms with Crippen molar-refractivity contribution in [2.24, 2.45) is 81.8 Å². The van der Waals surface area contributed by atoms with Gasteiger partial charge in [-0.05, 0) is 238 Å². The normalized spacial score (nSPS) is 40.6. The van der Waals surface area contributed by atoms with Crippen molar-refractivity contribution in [1.82, 2.24) is 5.06 Å². The summed E-state index contributed by atoms with van der Waals surface area (Å²) in [6.45, 7) is 14.6. The van der Waals surface area contributed by atoms with Crippen LogP contribution < -0.4 is 18.9 Å². The van der Waals surface area contributed by atoms with Gasteiger partial charge in [-0.1, -0.05) is 49.5 Å². The maximum Gasteiger partial charge on any atom is 1.00 e. The molecule has 8 saturated carbocycles. The van der Waals surface area contributed by atoms with Crippen LogP contribution in [0.1, 0.15) is 196 Å². The molecule has 378 valence electrons. The molecular formula is C57H95BrLiNO5S2. The van der Waals surface area contributed by atoms with E-state index < -0.39 is 11.2 Å². The first-order chi connectivity index (χ1) is 30.0. The van der Waals surface area contributed by atoms with Crippen molar-refractivity contribution in [2.45, 2.75) is 197 Å². The molecule has 2 aromatic heterocycles. The molecule has 0 aliphatic heterocycles. The summed E-state index contributed by atoms with van der Waals surface area (Å²) < 4.78 is 1.17. The third-order valence-electron chi connectivity index (χ3n) is 19.3. The fourth-order valence-electron chi connectivity index (χ4n) is 16.2. The molecule has 0 bridgehead atoms. The second kappa shape index (κ2) is 25.4. The summed E-state index contributed by atoms with van der Waals surface area (Å²) in [6.07, 6.45) is 23.5. The monoisotopic (exact) mass is 1020 g/mol. The van der Waals surface area contributed by atoms with E-state index in [9.17, 15) is 19.8 Å². The van der Waals surface area contributed by atoms with Gasteiger partial charge in [-0.2, -0.15) is 29.1 Å². The van der Waals surface area contributed by atoms with E-state index in [2.05, 4.69) is 43.6 Å². The summed E-state index contributed by atoms with van der Waals surface area (Å²) >= 11 is 6.63. The second-order valence-corrected chi connectivity index (χ2v) is 25.4. The zero-order valence-electron chi connectivity index (χ0n) is 41.0. The number of nitrogens with zero attached hydrogens (tertiary/aromatic N) is 1. The van der Waals surface area contributed by atoms with Crippen LogP contribution in [0.5, 0.6) is 0 Å². The number of halogens is 1. The van der Waals surface area contributed by atoms with Gasteiger partial charge in [0, 0.05) is 39.7 Å². The molecule has 8 fully saturated rings. The number of carbonyl (C=O) groups is 2. The minimum atomic E-state index is -0.438. The van der Waals surface area contributed by atoms with Crippen LogP contribution >= 0.6 is 38.6 Å². The predicted octanol–water partition coefficient (Wildman–Crippen LogP) is 13.0. The minimum Gasteiger partial charge on any atom is -0.390 e. The molecule has 2 aromatic rings. The van der Waals surface area contributed by atoms with Crippen molar-refractivity contribution >= 4 is 50.3 Å². The molecule has 0 radical (unpaired) electrons. The van der Waals surface area contributed by atoms with Gasteiger partial charge in [-0.25, -0.2) is 5.06 Å². The first kappa shape index (κ1) is 60.8. The molecular weight excluding hydrogens is 930 g/mol. The SMILES string of the molecule is Brc1ccsc1.C.C.C.CON(C)C(=O)[C@H]1CC[C@H]2[C@@H]3CC[C@@H]4C[C@](C)(O)CC[C@@H]4[C@H]3CC[C@]12C.C[C@@]1(O)CC[C@H]2[C@H](CC[C@@H]3[C@@H]2CC[C@]2(C)[C@@H](C(=O)c4ccsc4)CC[C@@H]32)C1.[CH2-]CCC.[Li+]. The average Bonchev–Trinajstić information content (AvgIpc) is 4.10.